The predicted molar refractivity (Wildman–Crippen MR) is 72.8 cm³/mol. The Morgan fingerprint density at radius 3 is 2.67 bits per heavy atom. The number of nitriles is 1. The molecule has 0 aliphatic rings. The molecule has 2 aromatic rings. The second kappa shape index (κ2) is 5.94. The first-order valence-electron chi connectivity index (χ1n) is 5.50. The summed E-state index contributed by atoms with van der Waals surface area (Å²) in [6.45, 7) is 0. The number of carbonyl (C=O) groups excluding carboxylic acids is 1. The Morgan fingerprint density at radius 1 is 1.33 bits per heavy atom. The van der Waals surface area contributed by atoms with Crippen molar-refractivity contribution in [2.75, 3.05) is 5.32 Å². The Labute approximate surface area is 123 Å². The molecule has 9 heteroatoms. The van der Waals surface area contributed by atoms with Gasteiger partial charge in [0.2, 0.25) is 0 Å². The molecule has 0 bridgehead atoms. The third-order valence-electron chi connectivity index (χ3n) is 2.45. The molecule has 1 aromatic heterocycles. The highest BCUT2D eigenvalue weighted by Crippen LogP contribution is 2.21. The molecule has 0 atom stereocenters. The van der Waals surface area contributed by atoms with Crippen LogP contribution in [0.25, 0.3) is 0 Å². The van der Waals surface area contributed by atoms with Crippen molar-refractivity contribution in [1.82, 2.24) is 10.2 Å². The third kappa shape index (κ3) is 3.29. The number of nitro benzene ring substituents is 1. The van der Waals surface area contributed by atoms with Crippen molar-refractivity contribution in [3.63, 3.8) is 0 Å². The molecule has 1 aromatic carbocycles. The lowest BCUT2D eigenvalue weighted by Gasteiger charge is -2.06. The lowest BCUT2D eigenvalue weighted by atomic mass is 10.1. The SMILES string of the molecule is N#Cc1cc([N+](=O)[O-])ccc1NC(=O)c1ccc(Cl)nn1. The fourth-order valence-electron chi connectivity index (χ4n) is 1.47. The molecule has 2 rings (SSSR count). The van der Waals surface area contributed by atoms with Gasteiger partial charge < -0.3 is 5.32 Å². The van der Waals surface area contributed by atoms with Crippen LogP contribution in [0.15, 0.2) is 30.3 Å². The maximum Gasteiger partial charge on any atom is 0.276 e. The summed E-state index contributed by atoms with van der Waals surface area (Å²) in [5.41, 5.74) is -0.123. The van der Waals surface area contributed by atoms with Crippen LogP contribution in [0.2, 0.25) is 5.15 Å². The van der Waals surface area contributed by atoms with E-state index in [1.807, 2.05) is 0 Å². The van der Waals surface area contributed by atoms with Crippen LogP contribution in [-0.2, 0) is 0 Å². The van der Waals surface area contributed by atoms with E-state index in [0.29, 0.717) is 0 Å². The predicted octanol–water partition coefficient (Wildman–Crippen LogP) is 2.16. The molecule has 0 aliphatic heterocycles. The number of halogens is 1. The van der Waals surface area contributed by atoms with Crippen LogP contribution in [0.3, 0.4) is 0 Å². The van der Waals surface area contributed by atoms with E-state index in [2.05, 4.69) is 15.5 Å². The lowest BCUT2D eigenvalue weighted by Crippen LogP contribution is -2.15. The first kappa shape index (κ1) is 14.4. The molecule has 1 N–H and O–H groups in total. The minimum atomic E-state index is -0.628. The summed E-state index contributed by atoms with van der Waals surface area (Å²) in [5, 5.41) is 29.3. The average molecular weight is 304 g/mol. The van der Waals surface area contributed by atoms with E-state index < -0.39 is 10.8 Å². The minimum absolute atomic E-state index is 0.00152. The smallest absolute Gasteiger partial charge is 0.276 e. The van der Waals surface area contributed by atoms with Gasteiger partial charge in [-0.15, -0.1) is 10.2 Å². The number of anilines is 1. The van der Waals surface area contributed by atoms with Crippen molar-refractivity contribution >= 4 is 28.9 Å². The summed E-state index contributed by atoms with van der Waals surface area (Å²) < 4.78 is 0. The zero-order chi connectivity index (χ0) is 15.4. The molecule has 0 unspecified atom stereocenters. The summed E-state index contributed by atoms with van der Waals surface area (Å²) in [4.78, 5) is 21.9. The summed E-state index contributed by atoms with van der Waals surface area (Å²) >= 11 is 5.56. The first-order chi connectivity index (χ1) is 10.0. The highest BCUT2D eigenvalue weighted by molar-refractivity contribution is 6.29. The average Bonchev–Trinajstić information content (AvgIpc) is 2.48. The molecule has 104 valence electrons. The quantitative estimate of drug-likeness (QED) is 0.684. The number of nitrogens with zero attached hydrogens (tertiary/aromatic N) is 4. The van der Waals surface area contributed by atoms with Crippen molar-refractivity contribution in [2.24, 2.45) is 0 Å². The van der Waals surface area contributed by atoms with E-state index >= 15 is 0 Å². The van der Waals surface area contributed by atoms with Gasteiger partial charge in [-0.3, -0.25) is 14.9 Å². The molecule has 0 saturated heterocycles. The van der Waals surface area contributed by atoms with Crippen LogP contribution in [0, 0.1) is 21.4 Å². The fraction of sp³-hybridized carbons (Fsp3) is 0. The van der Waals surface area contributed by atoms with E-state index in [4.69, 9.17) is 16.9 Å². The molecule has 0 saturated carbocycles. The van der Waals surface area contributed by atoms with Crippen molar-refractivity contribution in [2.45, 2.75) is 0 Å². The van der Waals surface area contributed by atoms with E-state index in [1.165, 1.54) is 24.3 Å². The molecule has 0 fully saturated rings. The summed E-state index contributed by atoms with van der Waals surface area (Å²) in [6, 6.07) is 8.07. The van der Waals surface area contributed by atoms with E-state index in [-0.39, 0.29) is 27.8 Å². The van der Waals surface area contributed by atoms with E-state index in [0.717, 1.165) is 6.07 Å². The van der Waals surface area contributed by atoms with Crippen LogP contribution in [0.1, 0.15) is 16.1 Å². The number of non-ortho nitro benzene ring substituents is 1. The third-order valence-corrected chi connectivity index (χ3v) is 2.65. The largest absolute Gasteiger partial charge is 0.319 e. The highest BCUT2D eigenvalue weighted by Gasteiger charge is 2.14. The van der Waals surface area contributed by atoms with Gasteiger partial charge in [0.15, 0.2) is 10.8 Å². The van der Waals surface area contributed by atoms with Gasteiger partial charge in [0.05, 0.1) is 16.2 Å². The number of hydrogen-bond acceptors (Lipinski definition) is 6. The molecule has 8 nitrogen and oxygen atoms in total. The Kier molecular flexibility index (Phi) is 4.06. The monoisotopic (exact) mass is 303 g/mol. The molecule has 1 amide bonds. The van der Waals surface area contributed by atoms with E-state index in [9.17, 15) is 14.9 Å². The number of nitro groups is 1. The van der Waals surface area contributed by atoms with Crippen LogP contribution < -0.4 is 5.32 Å². The minimum Gasteiger partial charge on any atom is -0.319 e. The van der Waals surface area contributed by atoms with Crippen LogP contribution in [0.4, 0.5) is 11.4 Å². The topological polar surface area (TPSA) is 122 Å². The molecular weight excluding hydrogens is 298 g/mol. The number of nitrogens with one attached hydrogen (secondary N) is 1. The van der Waals surface area contributed by atoms with E-state index in [1.54, 1.807) is 6.07 Å². The Morgan fingerprint density at radius 2 is 2.10 bits per heavy atom. The highest BCUT2D eigenvalue weighted by atomic mass is 35.5. The van der Waals surface area contributed by atoms with Gasteiger partial charge in [0, 0.05) is 12.1 Å². The fourth-order valence-corrected chi connectivity index (χ4v) is 1.57. The lowest BCUT2D eigenvalue weighted by molar-refractivity contribution is -0.384. The number of hydrogen-bond donors (Lipinski definition) is 1. The van der Waals surface area contributed by atoms with Gasteiger partial charge in [-0.2, -0.15) is 5.26 Å². The normalized spacial score (nSPS) is 9.71. The zero-order valence-corrected chi connectivity index (χ0v) is 11.0. The van der Waals surface area contributed by atoms with Crippen LogP contribution >= 0.6 is 11.6 Å². The van der Waals surface area contributed by atoms with Crippen LogP contribution in [0.5, 0.6) is 0 Å². The van der Waals surface area contributed by atoms with Gasteiger partial charge >= 0.3 is 0 Å². The molecule has 21 heavy (non-hydrogen) atoms. The van der Waals surface area contributed by atoms with Crippen molar-refractivity contribution in [3.05, 3.63) is 56.9 Å². The van der Waals surface area contributed by atoms with Crippen molar-refractivity contribution in [3.8, 4) is 6.07 Å². The summed E-state index contributed by atoms with van der Waals surface area (Å²) in [6.07, 6.45) is 0. The molecular formula is C12H6ClN5O3. The van der Waals surface area contributed by atoms with Gasteiger partial charge in [-0.25, -0.2) is 0 Å². The van der Waals surface area contributed by atoms with Crippen molar-refractivity contribution in [1.29, 1.82) is 5.26 Å². The molecule has 0 spiro atoms. The second-order valence-electron chi connectivity index (χ2n) is 3.79. The van der Waals surface area contributed by atoms with Crippen molar-refractivity contribution < 1.29 is 9.72 Å². The Hall–Kier alpha value is -3.05. The van der Waals surface area contributed by atoms with Gasteiger partial charge in [-0.05, 0) is 18.2 Å². The standard InChI is InChI=1S/C12H6ClN5O3/c13-11-4-3-10(16-17-11)12(19)15-9-2-1-8(18(20)21)5-7(9)6-14/h1-5H,(H,15,19). The molecule has 0 aliphatic carbocycles. The first-order valence-corrected chi connectivity index (χ1v) is 5.88. The number of amides is 1. The number of rotatable bonds is 3. The van der Waals surface area contributed by atoms with Gasteiger partial charge in [0.25, 0.3) is 11.6 Å². The number of carbonyl (C=O) groups is 1. The van der Waals surface area contributed by atoms with Gasteiger partial charge in [-0.1, -0.05) is 11.6 Å². The Balaban J connectivity index is 2.27. The maximum absolute atomic E-state index is 11.9. The zero-order valence-electron chi connectivity index (χ0n) is 10.3. The summed E-state index contributed by atoms with van der Waals surface area (Å²) in [5.74, 6) is -0.607. The number of aromatic nitrogens is 2. The van der Waals surface area contributed by atoms with Crippen LogP contribution in [-0.4, -0.2) is 21.0 Å². The second-order valence-corrected chi connectivity index (χ2v) is 4.18. The number of benzene rings is 1. The molecule has 1 heterocycles. The Bertz CT molecular complexity index is 754. The van der Waals surface area contributed by atoms with Gasteiger partial charge in [0.1, 0.15) is 6.07 Å². The summed E-state index contributed by atoms with van der Waals surface area (Å²) in [7, 11) is 0. The maximum atomic E-state index is 11.9. The molecule has 0 radical (unpaired) electrons.